The Kier molecular flexibility index (Phi) is 4.61. The summed E-state index contributed by atoms with van der Waals surface area (Å²) in [7, 11) is 0. The molecule has 1 aromatic heterocycles. The van der Waals surface area contributed by atoms with Gasteiger partial charge in [0.15, 0.2) is 11.5 Å². The average Bonchev–Trinajstić information content (AvgIpc) is 3.30. The van der Waals surface area contributed by atoms with E-state index >= 15 is 0 Å². The molecule has 9 heteroatoms. The topological polar surface area (TPSA) is 98.9 Å². The Hall–Kier alpha value is -2.81. The lowest BCUT2D eigenvalue weighted by molar-refractivity contribution is -0.133. The zero-order valence-electron chi connectivity index (χ0n) is 14.3. The Balaban J connectivity index is 1.24. The quantitative estimate of drug-likeness (QED) is 0.757. The number of rotatable bonds is 6. The molecular weight excluding hydrogens is 340 g/mol. The van der Waals surface area contributed by atoms with E-state index in [2.05, 4.69) is 10.3 Å². The van der Waals surface area contributed by atoms with Crippen LogP contribution in [0.5, 0.6) is 17.2 Å². The number of nitrogens with zero attached hydrogens (tertiary/aromatic N) is 4. The van der Waals surface area contributed by atoms with E-state index in [-0.39, 0.29) is 19.3 Å². The lowest BCUT2D eigenvalue weighted by Gasteiger charge is -2.27. The number of amides is 1. The fourth-order valence-electron chi connectivity index (χ4n) is 3.07. The van der Waals surface area contributed by atoms with Crippen LogP contribution in [0.3, 0.4) is 0 Å². The van der Waals surface area contributed by atoms with Crippen molar-refractivity contribution in [3.05, 3.63) is 29.6 Å². The molecule has 1 amide bonds. The third-order valence-electron chi connectivity index (χ3n) is 4.49. The maximum Gasteiger partial charge on any atom is 0.231 e. The fourth-order valence-corrected chi connectivity index (χ4v) is 3.07. The lowest BCUT2D eigenvalue weighted by atomic mass is 10.2. The van der Waals surface area contributed by atoms with E-state index in [9.17, 15) is 9.90 Å². The third-order valence-corrected chi connectivity index (χ3v) is 4.49. The summed E-state index contributed by atoms with van der Waals surface area (Å²) >= 11 is 0. The predicted octanol–water partition coefficient (Wildman–Crippen LogP) is 0.700. The molecule has 9 nitrogen and oxygen atoms in total. The molecule has 1 aromatic carbocycles. The van der Waals surface area contributed by atoms with Crippen molar-refractivity contribution in [2.75, 3.05) is 19.9 Å². The highest BCUT2D eigenvalue weighted by Crippen LogP contribution is 2.35. The molecule has 4 rings (SSSR count). The molecule has 138 valence electrons. The molecule has 2 aromatic rings. The summed E-state index contributed by atoms with van der Waals surface area (Å²) in [6.07, 6.45) is 1.02. The summed E-state index contributed by atoms with van der Waals surface area (Å²) in [4.78, 5) is 14.2. The molecule has 26 heavy (non-hydrogen) atoms. The number of aromatic nitrogens is 3. The van der Waals surface area contributed by atoms with Crippen LogP contribution in [0.1, 0.15) is 24.2 Å². The Morgan fingerprint density at radius 2 is 2.15 bits per heavy atom. The van der Waals surface area contributed by atoms with Gasteiger partial charge < -0.3 is 24.2 Å². The Morgan fingerprint density at radius 1 is 1.27 bits per heavy atom. The van der Waals surface area contributed by atoms with Gasteiger partial charge in [0, 0.05) is 19.0 Å². The van der Waals surface area contributed by atoms with Crippen molar-refractivity contribution in [3.8, 4) is 17.2 Å². The highest BCUT2D eigenvalue weighted by molar-refractivity contribution is 5.76. The van der Waals surface area contributed by atoms with Crippen molar-refractivity contribution in [1.82, 2.24) is 19.9 Å². The predicted molar refractivity (Wildman–Crippen MR) is 88.7 cm³/mol. The molecule has 0 saturated carbocycles. The molecule has 0 radical (unpaired) electrons. The van der Waals surface area contributed by atoms with Crippen molar-refractivity contribution in [1.29, 1.82) is 0 Å². The minimum absolute atomic E-state index is 0.0654. The van der Waals surface area contributed by atoms with Gasteiger partial charge in [-0.25, -0.2) is 4.68 Å². The zero-order valence-corrected chi connectivity index (χ0v) is 14.3. The van der Waals surface area contributed by atoms with E-state index in [0.29, 0.717) is 62.0 Å². The summed E-state index contributed by atoms with van der Waals surface area (Å²) in [5.41, 5.74) is 1.34. The van der Waals surface area contributed by atoms with E-state index in [1.165, 1.54) is 0 Å². The van der Waals surface area contributed by atoms with Gasteiger partial charge in [-0.15, -0.1) is 5.10 Å². The van der Waals surface area contributed by atoms with E-state index in [1.807, 2.05) is 12.1 Å². The SMILES string of the molecule is O=C(CCCOc1ccc2c(c1)OCO2)N1CCn2nnc(CO)c2C1. The maximum absolute atomic E-state index is 12.4. The van der Waals surface area contributed by atoms with Gasteiger partial charge in [-0.1, -0.05) is 5.21 Å². The molecule has 1 N–H and O–H groups in total. The molecular formula is C17H20N4O5. The minimum Gasteiger partial charge on any atom is -0.493 e. The molecule has 0 bridgehead atoms. The van der Waals surface area contributed by atoms with E-state index in [1.54, 1.807) is 15.6 Å². The van der Waals surface area contributed by atoms with Gasteiger partial charge in [0.1, 0.15) is 11.4 Å². The summed E-state index contributed by atoms with van der Waals surface area (Å²) in [6.45, 7) is 2.15. The van der Waals surface area contributed by atoms with Crippen LogP contribution in [-0.2, 0) is 24.5 Å². The highest BCUT2D eigenvalue weighted by Gasteiger charge is 2.24. The van der Waals surface area contributed by atoms with Crippen LogP contribution < -0.4 is 14.2 Å². The fraction of sp³-hybridized carbons (Fsp3) is 0.471. The zero-order chi connectivity index (χ0) is 17.9. The molecule has 0 spiro atoms. The second kappa shape index (κ2) is 7.20. The summed E-state index contributed by atoms with van der Waals surface area (Å²) < 4.78 is 18.0. The summed E-state index contributed by atoms with van der Waals surface area (Å²) in [6, 6.07) is 5.43. The number of carbonyl (C=O) groups excluding carboxylic acids is 1. The highest BCUT2D eigenvalue weighted by atomic mass is 16.7. The Bertz CT molecular complexity index is 793. The molecule has 3 heterocycles. The summed E-state index contributed by atoms with van der Waals surface area (Å²) in [5.74, 6) is 2.16. The third kappa shape index (κ3) is 3.30. The molecule has 0 aliphatic carbocycles. The molecule has 2 aliphatic rings. The molecule has 0 unspecified atom stereocenters. The van der Waals surface area contributed by atoms with Crippen LogP contribution >= 0.6 is 0 Å². The van der Waals surface area contributed by atoms with Crippen LogP contribution in [0.2, 0.25) is 0 Å². The van der Waals surface area contributed by atoms with E-state index in [4.69, 9.17) is 14.2 Å². The monoisotopic (exact) mass is 360 g/mol. The van der Waals surface area contributed by atoms with E-state index in [0.717, 1.165) is 5.69 Å². The molecule has 2 aliphatic heterocycles. The lowest BCUT2D eigenvalue weighted by Crippen LogP contribution is -2.38. The van der Waals surface area contributed by atoms with Gasteiger partial charge in [-0.05, 0) is 18.6 Å². The largest absolute Gasteiger partial charge is 0.493 e. The molecule has 0 atom stereocenters. The number of ether oxygens (including phenoxy) is 3. The smallest absolute Gasteiger partial charge is 0.231 e. The summed E-state index contributed by atoms with van der Waals surface area (Å²) in [5, 5.41) is 17.2. The number of carbonyl (C=O) groups is 1. The number of aliphatic hydroxyl groups excluding tert-OH is 1. The van der Waals surface area contributed by atoms with Crippen molar-refractivity contribution in [2.24, 2.45) is 0 Å². The van der Waals surface area contributed by atoms with Crippen LogP contribution in [0.15, 0.2) is 18.2 Å². The number of fused-ring (bicyclic) bond motifs is 2. The molecule has 0 saturated heterocycles. The van der Waals surface area contributed by atoms with Crippen LogP contribution in [0, 0.1) is 0 Å². The van der Waals surface area contributed by atoms with E-state index < -0.39 is 0 Å². The van der Waals surface area contributed by atoms with Gasteiger partial charge >= 0.3 is 0 Å². The van der Waals surface area contributed by atoms with Crippen molar-refractivity contribution in [3.63, 3.8) is 0 Å². The number of hydrogen-bond acceptors (Lipinski definition) is 7. The van der Waals surface area contributed by atoms with Gasteiger partial charge in [0.2, 0.25) is 12.7 Å². The van der Waals surface area contributed by atoms with Gasteiger partial charge in [-0.3, -0.25) is 4.79 Å². The van der Waals surface area contributed by atoms with Crippen molar-refractivity contribution >= 4 is 5.91 Å². The van der Waals surface area contributed by atoms with Gasteiger partial charge in [0.25, 0.3) is 0 Å². The maximum atomic E-state index is 12.4. The average molecular weight is 360 g/mol. The minimum atomic E-state index is -0.166. The standard InChI is InChI=1S/C17H20N4O5/c22-10-13-14-9-20(5-6-21(14)19-18-13)17(23)2-1-7-24-12-3-4-15-16(8-12)26-11-25-15/h3-4,8,22H,1-2,5-7,9-11H2. The number of benzene rings is 1. The molecule has 0 fully saturated rings. The van der Waals surface area contributed by atoms with Crippen molar-refractivity contribution < 1.29 is 24.1 Å². The first-order chi connectivity index (χ1) is 12.7. The first-order valence-corrected chi connectivity index (χ1v) is 8.57. The van der Waals surface area contributed by atoms with Crippen LogP contribution in [0.25, 0.3) is 0 Å². The second-order valence-corrected chi connectivity index (χ2v) is 6.15. The Labute approximate surface area is 150 Å². The number of aliphatic hydroxyl groups is 1. The van der Waals surface area contributed by atoms with Gasteiger partial charge in [0.05, 0.1) is 32.0 Å². The van der Waals surface area contributed by atoms with Crippen molar-refractivity contribution in [2.45, 2.75) is 32.5 Å². The first kappa shape index (κ1) is 16.6. The first-order valence-electron chi connectivity index (χ1n) is 8.57. The normalized spacial score (nSPS) is 15.0. The van der Waals surface area contributed by atoms with Crippen LogP contribution in [-0.4, -0.2) is 50.9 Å². The van der Waals surface area contributed by atoms with Crippen LogP contribution in [0.4, 0.5) is 0 Å². The second-order valence-electron chi connectivity index (χ2n) is 6.15. The Morgan fingerprint density at radius 3 is 3.04 bits per heavy atom. The van der Waals surface area contributed by atoms with Gasteiger partial charge in [-0.2, -0.15) is 0 Å². The number of hydrogen-bond donors (Lipinski definition) is 1.